The topological polar surface area (TPSA) is 89.3 Å². The van der Waals surface area contributed by atoms with Crippen LogP contribution in [0.2, 0.25) is 5.02 Å². The lowest BCUT2D eigenvalue weighted by Crippen LogP contribution is -2.27. The Morgan fingerprint density at radius 1 is 1.42 bits per heavy atom. The maximum atomic E-state index is 12.0. The summed E-state index contributed by atoms with van der Waals surface area (Å²) in [6.07, 6.45) is 0. The van der Waals surface area contributed by atoms with Crippen LogP contribution in [0.4, 0.5) is 5.69 Å². The molecule has 0 bridgehead atoms. The van der Waals surface area contributed by atoms with Crippen molar-refractivity contribution < 1.29 is 13.3 Å². The molecule has 1 rings (SSSR count). The third-order valence-electron chi connectivity index (χ3n) is 2.48. The highest BCUT2D eigenvalue weighted by molar-refractivity contribution is 7.89. The number of sulfonamides is 1. The van der Waals surface area contributed by atoms with Gasteiger partial charge in [0.2, 0.25) is 10.0 Å². The van der Waals surface area contributed by atoms with Crippen molar-refractivity contribution >= 4 is 27.3 Å². The van der Waals surface area contributed by atoms with Crippen LogP contribution >= 0.6 is 11.6 Å². The van der Waals surface area contributed by atoms with E-state index >= 15 is 0 Å². The predicted molar refractivity (Wildman–Crippen MR) is 72.9 cm³/mol. The summed E-state index contributed by atoms with van der Waals surface area (Å²) in [6, 6.07) is 2.23. The normalized spacial score (nSPS) is 11.8. The second-order valence-electron chi connectivity index (χ2n) is 4.55. The minimum Gasteiger partial charge on any atom is -0.258 e. The van der Waals surface area contributed by atoms with Gasteiger partial charge in [-0.3, -0.25) is 10.1 Å². The van der Waals surface area contributed by atoms with E-state index in [1.165, 1.54) is 13.0 Å². The van der Waals surface area contributed by atoms with Crippen molar-refractivity contribution in [2.45, 2.75) is 25.7 Å². The Morgan fingerprint density at radius 2 is 2.00 bits per heavy atom. The van der Waals surface area contributed by atoms with Gasteiger partial charge in [0.15, 0.2) is 0 Å². The molecule has 0 saturated heterocycles. The molecule has 0 heterocycles. The van der Waals surface area contributed by atoms with E-state index in [1.54, 1.807) is 0 Å². The van der Waals surface area contributed by atoms with Gasteiger partial charge >= 0.3 is 0 Å². The van der Waals surface area contributed by atoms with Crippen LogP contribution in [0.25, 0.3) is 0 Å². The fourth-order valence-electron chi connectivity index (χ4n) is 1.34. The van der Waals surface area contributed by atoms with E-state index < -0.39 is 14.9 Å². The Bertz CT molecular complexity index is 599. The Kier molecular flexibility index (Phi) is 4.89. The van der Waals surface area contributed by atoms with Gasteiger partial charge in [-0.2, -0.15) is 0 Å². The van der Waals surface area contributed by atoms with Crippen LogP contribution in [-0.4, -0.2) is 19.9 Å². The van der Waals surface area contributed by atoms with Gasteiger partial charge in [-0.05, 0) is 18.9 Å². The molecule has 0 aliphatic rings. The van der Waals surface area contributed by atoms with Gasteiger partial charge in [0.25, 0.3) is 5.69 Å². The molecule has 0 aliphatic heterocycles. The lowest BCUT2D eigenvalue weighted by Gasteiger charge is -2.10. The highest BCUT2D eigenvalue weighted by atomic mass is 35.5. The molecule has 19 heavy (non-hydrogen) atoms. The first-order valence-corrected chi connectivity index (χ1v) is 7.45. The van der Waals surface area contributed by atoms with Crippen molar-refractivity contribution in [3.63, 3.8) is 0 Å². The fraction of sp³-hybridized carbons (Fsp3) is 0.455. The van der Waals surface area contributed by atoms with Gasteiger partial charge in [-0.15, -0.1) is 0 Å². The van der Waals surface area contributed by atoms with Crippen LogP contribution in [0.3, 0.4) is 0 Å². The largest absolute Gasteiger partial charge is 0.275 e. The summed E-state index contributed by atoms with van der Waals surface area (Å²) in [7, 11) is -3.79. The van der Waals surface area contributed by atoms with Gasteiger partial charge < -0.3 is 0 Å². The van der Waals surface area contributed by atoms with Crippen molar-refractivity contribution in [2.75, 3.05) is 6.54 Å². The number of nitrogens with one attached hydrogen (secondary N) is 1. The Labute approximate surface area is 117 Å². The first-order valence-electron chi connectivity index (χ1n) is 5.59. The summed E-state index contributed by atoms with van der Waals surface area (Å²) >= 11 is 5.84. The summed E-state index contributed by atoms with van der Waals surface area (Å²) in [5, 5.41) is 10.9. The van der Waals surface area contributed by atoms with Gasteiger partial charge in [0, 0.05) is 18.2 Å². The number of halogens is 1. The number of rotatable bonds is 5. The zero-order valence-corrected chi connectivity index (χ0v) is 12.4. The molecule has 1 N–H and O–H groups in total. The van der Waals surface area contributed by atoms with Gasteiger partial charge in [0.05, 0.1) is 14.8 Å². The third kappa shape index (κ3) is 3.89. The van der Waals surface area contributed by atoms with Crippen molar-refractivity contribution in [1.82, 2.24) is 4.72 Å². The average molecular weight is 307 g/mol. The minimum atomic E-state index is -3.79. The molecule has 1 aromatic rings. The van der Waals surface area contributed by atoms with E-state index in [9.17, 15) is 18.5 Å². The Hall–Kier alpha value is -1.18. The molecule has 6 nitrogen and oxygen atoms in total. The molecule has 0 spiro atoms. The molecule has 0 unspecified atom stereocenters. The Morgan fingerprint density at radius 3 is 2.47 bits per heavy atom. The molecule has 0 aromatic heterocycles. The smallest absolute Gasteiger partial charge is 0.258 e. The Balaban J connectivity index is 3.25. The highest BCUT2D eigenvalue weighted by Crippen LogP contribution is 2.29. The standard InChI is InChI=1S/C11H15ClN2O4S/c1-7(2)6-13-19(17,18)9-4-10(12)8(3)11(5-9)14(15)16/h4-5,7,13H,6H2,1-3H3. The van der Waals surface area contributed by atoms with Gasteiger partial charge in [-0.1, -0.05) is 25.4 Å². The molecule has 0 atom stereocenters. The number of benzene rings is 1. The maximum absolute atomic E-state index is 12.0. The number of hydrogen-bond acceptors (Lipinski definition) is 4. The maximum Gasteiger partial charge on any atom is 0.275 e. The van der Waals surface area contributed by atoms with Crippen molar-refractivity contribution in [3.05, 3.63) is 32.8 Å². The second kappa shape index (κ2) is 5.85. The fourth-order valence-corrected chi connectivity index (χ4v) is 2.88. The molecule has 106 valence electrons. The molecule has 0 fully saturated rings. The van der Waals surface area contributed by atoms with E-state index in [-0.39, 0.29) is 33.6 Å². The molecule has 0 amide bonds. The van der Waals surface area contributed by atoms with E-state index in [0.29, 0.717) is 0 Å². The summed E-state index contributed by atoms with van der Waals surface area (Å²) in [5.41, 5.74) is -0.0631. The molecule has 0 saturated carbocycles. The van der Waals surface area contributed by atoms with Gasteiger partial charge in [0.1, 0.15) is 0 Å². The molecule has 8 heteroatoms. The van der Waals surface area contributed by atoms with Crippen molar-refractivity contribution in [2.24, 2.45) is 5.92 Å². The monoisotopic (exact) mass is 306 g/mol. The van der Waals surface area contributed by atoms with Crippen molar-refractivity contribution in [3.8, 4) is 0 Å². The molecule has 0 radical (unpaired) electrons. The van der Waals surface area contributed by atoms with E-state index in [2.05, 4.69) is 4.72 Å². The van der Waals surface area contributed by atoms with Gasteiger partial charge in [-0.25, -0.2) is 13.1 Å². The first-order chi connectivity index (χ1) is 8.65. The van der Waals surface area contributed by atoms with Crippen molar-refractivity contribution in [1.29, 1.82) is 0 Å². The van der Waals surface area contributed by atoms with Crippen LogP contribution in [0.5, 0.6) is 0 Å². The summed E-state index contributed by atoms with van der Waals surface area (Å²) in [6.45, 7) is 5.43. The lowest BCUT2D eigenvalue weighted by atomic mass is 10.2. The lowest BCUT2D eigenvalue weighted by molar-refractivity contribution is -0.385. The average Bonchev–Trinajstić information content (AvgIpc) is 2.29. The number of hydrogen-bond donors (Lipinski definition) is 1. The molecular formula is C11H15ClN2O4S. The zero-order valence-electron chi connectivity index (χ0n) is 10.8. The highest BCUT2D eigenvalue weighted by Gasteiger charge is 2.22. The first kappa shape index (κ1) is 15.9. The predicted octanol–water partition coefficient (Wildman–Crippen LogP) is 2.49. The molecule has 0 aliphatic carbocycles. The third-order valence-corrected chi connectivity index (χ3v) is 4.27. The number of nitrogens with zero attached hydrogens (tertiary/aromatic N) is 1. The zero-order chi connectivity index (χ0) is 14.8. The van der Waals surface area contributed by atoms with Crippen LogP contribution < -0.4 is 4.72 Å². The number of nitro benzene ring substituents is 1. The summed E-state index contributed by atoms with van der Waals surface area (Å²) < 4.78 is 26.3. The summed E-state index contributed by atoms with van der Waals surface area (Å²) in [4.78, 5) is 10.0. The van der Waals surface area contributed by atoms with E-state index in [0.717, 1.165) is 6.07 Å². The molecule has 1 aromatic carbocycles. The van der Waals surface area contributed by atoms with Crippen LogP contribution in [0, 0.1) is 23.0 Å². The van der Waals surface area contributed by atoms with Crippen LogP contribution in [-0.2, 0) is 10.0 Å². The van der Waals surface area contributed by atoms with Crippen LogP contribution in [0.15, 0.2) is 17.0 Å². The van der Waals surface area contributed by atoms with Crippen LogP contribution in [0.1, 0.15) is 19.4 Å². The molecular weight excluding hydrogens is 292 g/mol. The second-order valence-corrected chi connectivity index (χ2v) is 6.73. The van der Waals surface area contributed by atoms with E-state index in [4.69, 9.17) is 11.6 Å². The number of nitro groups is 1. The minimum absolute atomic E-state index is 0.0547. The van der Waals surface area contributed by atoms with E-state index in [1.807, 2.05) is 13.8 Å². The SMILES string of the molecule is Cc1c(Cl)cc(S(=O)(=O)NCC(C)C)cc1[N+](=O)[O-]. The quantitative estimate of drug-likeness (QED) is 0.668. The summed E-state index contributed by atoms with van der Waals surface area (Å²) in [5.74, 6) is 0.130.